The molecule has 2 aliphatic rings. The van der Waals surface area contributed by atoms with Gasteiger partial charge in [-0.2, -0.15) is 0 Å². The van der Waals surface area contributed by atoms with Crippen molar-refractivity contribution in [2.75, 3.05) is 19.6 Å². The Morgan fingerprint density at radius 1 is 0.913 bits per heavy atom. The number of hydrogen-bond donors (Lipinski definition) is 1. The Morgan fingerprint density at radius 2 is 1.39 bits per heavy atom. The summed E-state index contributed by atoms with van der Waals surface area (Å²) in [6, 6.07) is 0. The first-order chi connectivity index (χ1) is 10.6. The first-order valence-corrected chi connectivity index (χ1v) is 9.56. The van der Waals surface area contributed by atoms with Gasteiger partial charge in [-0.25, -0.2) is 0 Å². The van der Waals surface area contributed by atoms with Crippen LogP contribution in [0.2, 0.25) is 0 Å². The van der Waals surface area contributed by atoms with Crippen molar-refractivity contribution in [1.82, 2.24) is 4.90 Å². The third-order valence-electron chi connectivity index (χ3n) is 6.74. The summed E-state index contributed by atoms with van der Waals surface area (Å²) in [6.07, 6.45) is 12.4. The summed E-state index contributed by atoms with van der Waals surface area (Å²) in [5, 5.41) is 10.2. The van der Waals surface area contributed by atoms with Crippen LogP contribution in [0, 0.1) is 10.8 Å². The van der Waals surface area contributed by atoms with Crippen molar-refractivity contribution in [3.05, 3.63) is 0 Å². The van der Waals surface area contributed by atoms with Crippen LogP contribution in [0.3, 0.4) is 0 Å². The molecule has 0 atom stereocenters. The van der Waals surface area contributed by atoms with Gasteiger partial charge < -0.3 is 10.0 Å². The van der Waals surface area contributed by atoms with Crippen molar-refractivity contribution in [1.29, 1.82) is 0 Å². The van der Waals surface area contributed by atoms with E-state index in [1.807, 2.05) is 0 Å². The number of hydrogen-bond acceptors (Lipinski definition) is 2. The monoisotopic (exact) mass is 345 g/mol. The van der Waals surface area contributed by atoms with E-state index in [9.17, 15) is 9.90 Å². The van der Waals surface area contributed by atoms with Crippen molar-refractivity contribution >= 4 is 18.4 Å². The summed E-state index contributed by atoms with van der Waals surface area (Å²) in [7, 11) is 0. The molecule has 0 amide bonds. The number of aliphatic carboxylic acids is 1. The van der Waals surface area contributed by atoms with Crippen LogP contribution in [0.15, 0.2) is 0 Å². The Hall–Kier alpha value is -0.280. The van der Waals surface area contributed by atoms with Gasteiger partial charge in [-0.15, -0.1) is 12.4 Å². The first kappa shape index (κ1) is 20.8. The number of carboxylic acids is 1. The quantitative estimate of drug-likeness (QED) is 0.695. The second kappa shape index (κ2) is 9.27. The molecule has 4 heteroatoms. The summed E-state index contributed by atoms with van der Waals surface area (Å²) < 4.78 is 0. The Morgan fingerprint density at radius 3 is 1.83 bits per heavy atom. The maximum atomic E-state index is 12.4. The predicted octanol–water partition coefficient (Wildman–Crippen LogP) is 5.13. The highest BCUT2D eigenvalue weighted by Gasteiger charge is 2.56. The Kier molecular flexibility index (Phi) is 8.37. The minimum atomic E-state index is -0.492. The van der Waals surface area contributed by atoms with Crippen molar-refractivity contribution in [2.45, 2.75) is 84.5 Å². The number of carboxylic acid groups (broad SMARTS) is 1. The maximum Gasteiger partial charge on any atom is 0.310 e. The fourth-order valence-electron chi connectivity index (χ4n) is 5.23. The van der Waals surface area contributed by atoms with Crippen molar-refractivity contribution in [3.63, 3.8) is 0 Å². The Bertz CT molecular complexity index is 356. The molecule has 1 N–H and O–H groups in total. The summed E-state index contributed by atoms with van der Waals surface area (Å²) in [5.74, 6) is -0.492. The molecule has 3 nitrogen and oxygen atoms in total. The van der Waals surface area contributed by atoms with E-state index in [0.29, 0.717) is 0 Å². The molecule has 0 aliphatic heterocycles. The molecule has 2 aliphatic carbocycles. The SMILES string of the molecule is CCN(CC)CCC1(C2(C(=O)O)CCCCC2)CCCCC1.Cl. The van der Waals surface area contributed by atoms with Gasteiger partial charge in [-0.3, -0.25) is 4.79 Å². The van der Waals surface area contributed by atoms with Gasteiger partial charge in [0.1, 0.15) is 0 Å². The lowest BCUT2D eigenvalue weighted by Crippen LogP contribution is -2.51. The van der Waals surface area contributed by atoms with E-state index >= 15 is 0 Å². The molecular weight excluding hydrogens is 310 g/mol. The van der Waals surface area contributed by atoms with E-state index in [-0.39, 0.29) is 17.8 Å². The van der Waals surface area contributed by atoms with Gasteiger partial charge >= 0.3 is 5.97 Å². The summed E-state index contributed by atoms with van der Waals surface area (Å²) in [5.41, 5.74) is -0.376. The molecule has 2 rings (SSSR count). The van der Waals surface area contributed by atoms with Crippen LogP contribution in [-0.2, 0) is 4.79 Å². The van der Waals surface area contributed by atoms with Crippen molar-refractivity contribution < 1.29 is 9.90 Å². The summed E-state index contributed by atoms with van der Waals surface area (Å²) >= 11 is 0. The van der Waals surface area contributed by atoms with Gasteiger partial charge in [0, 0.05) is 0 Å². The molecule has 136 valence electrons. The molecule has 0 heterocycles. The van der Waals surface area contributed by atoms with E-state index in [4.69, 9.17) is 0 Å². The fraction of sp³-hybridized carbons (Fsp3) is 0.947. The average Bonchev–Trinajstić information content (AvgIpc) is 2.57. The highest BCUT2D eigenvalue weighted by molar-refractivity contribution is 5.85. The van der Waals surface area contributed by atoms with E-state index in [2.05, 4.69) is 18.7 Å². The molecule has 23 heavy (non-hydrogen) atoms. The van der Waals surface area contributed by atoms with Gasteiger partial charge in [0.15, 0.2) is 0 Å². The van der Waals surface area contributed by atoms with Gasteiger partial charge in [0.05, 0.1) is 5.41 Å². The summed E-state index contributed by atoms with van der Waals surface area (Å²) in [4.78, 5) is 14.8. The van der Waals surface area contributed by atoms with Gasteiger partial charge in [0.2, 0.25) is 0 Å². The minimum absolute atomic E-state index is 0. The molecule has 0 saturated heterocycles. The number of carbonyl (C=O) groups is 1. The van der Waals surface area contributed by atoms with Crippen LogP contribution >= 0.6 is 12.4 Å². The van der Waals surface area contributed by atoms with Gasteiger partial charge in [0.25, 0.3) is 0 Å². The average molecular weight is 346 g/mol. The standard InChI is InChI=1S/C19H35NO2.ClH/c1-3-20(4-2)16-15-18(11-7-5-8-12-18)19(17(21)22)13-9-6-10-14-19;/h3-16H2,1-2H3,(H,21,22);1H. The third-order valence-corrected chi connectivity index (χ3v) is 6.74. The second-order valence-corrected chi connectivity index (χ2v) is 7.57. The largest absolute Gasteiger partial charge is 0.481 e. The van der Waals surface area contributed by atoms with Crippen LogP contribution in [0.1, 0.15) is 84.5 Å². The summed E-state index contributed by atoms with van der Waals surface area (Å²) in [6.45, 7) is 7.65. The van der Waals surface area contributed by atoms with E-state index in [0.717, 1.165) is 64.6 Å². The zero-order valence-electron chi connectivity index (χ0n) is 15.1. The maximum absolute atomic E-state index is 12.4. The molecule has 0 aromatic heterocycles. The lowest BCUT2D eigenvalue weighted by molar-refractivity contribution is -0.167. The smallest absolute Gasteiger partial charge is 0.310 e. The molecule has 0 aromatic carbocycles. The van der Waals surface area contributed by atoms with Crippen LogP contribution in [0.4, 0.5) is 0 Å². The lowest BCUT2D eigenvalue weighted by Gasteiger charge is -2.53. The van der Waals surface area contributed by atoms with E-state index < -0.39 is 11.4 Å². The molecule has 0 unspecified atom stereocenters. The van der Waals surface area contributed by atoms with Crippen LogP contribution in [0.5, 0.6) is 0 Å². The minimum Gasteiger partial charge on any atom is -0.481 e. The van der Waals surface area contributed by atoms with Crippen LogP contribution in [-0.4, -0.2) is 35.6 Å². The second-order valence-electron chi connectivity index (χ2n) is 7.57. The Labute approximate surface area is 148 Å². The molecule has 0 bridgehead atoms. The topological polar surface area (TPSA) is 40.5 Å². The molecule has 0 radical (unpaired) electrons. The van der Waals surface area contributed by atoms with E-state index in [1.165, 1.54) is 25.7 Å². The van der Waals surface area contributed by atoms with Gasteiger partial charge in [-0.05, 0) is 57.2 Å². The van der Waals surface area contributed by atoms with Crippen LogP contribution < -0.4 is 0 Å². The number of halogens is 1. The van der Waals surface area contributed by atoms with Gasteiger partial charge in [-0.1, -0.05) is 52.4 Å². The zero-order valence-corrected chi connectivity index (χ0v) is 15.9. The zero-order chi connectivity index (χ0) is 16.1. The van der Waals surface area contributed by atoms with E-state index in [1.54, 1.807) is 0 Å². The molecule has 0 aromatic rings. The third kappa shape index (κ3) is 4.22. The number of rotatable bonds is 7. The number of nitrogens with zero attached hydrogens (tertiary/aromatic N) is 1. The highest BCUT2D eigenvalue weighted by Crippen LogP contribution is 2.58. The lowest BCUT2D eigenvalue weighted by atomic mass is 9.51. The molecule has 2 saturated carbocycles. The van der Waals surface area contributed by atoms with Crippen LogP contribution in [0.25, 0.3) is 0 Å². The van der Waals surface area contributed by atoms with Crippen molar-refractivity contribution in [2.24, 2.45) is 10.8 Å². The first-order valence-electron chi connectivity index (χ1n) is 9.56. The molecular formula is C19H36ClNO2. The normalized spacial score (nSPS) is 23.3. The Balaban J connectivity index is 0.00000264. The predicted molar refractivity (Wildman–Crippen MR) is 98.3 cm³/mol. The fourth-order valence-corrected chi connectivity index (χ4v) is 5.23. The van der Waals surface area contributed by atoms with Crippen molar-refractivity contribution in [3.8, 4) is 0 Å². The highest BCUT2D eigenvalue weighted by atomic mass is 35.5. The molecule has 0 spiro atoms. The molecule has 2 fully saturated rings.